The second-order valence-corrected chi connectivity index (χ2v) is 3.06. The predicted octanol–water partition coefficient (Wildman–Crippen LogP) is 1.04. The molecule has 0 aliphatic rings. The molecule has 0 amide bonds. The minimum Gasteiger partial charge on any atom is -0.495 e. The van der Waals surface area contributed by atoms with Crippen LogP contribution < -0.4 is 15.2 Å². The highest BCUT2D eigenvalue weighted by Crippen LogP contribution is 2.25. The van der Waals surface area contributed by atoms with Gasteiger partial charge in [-0.3, -0.25) is 0 Å². The van der Waals surface area contributed by atoms with Crippen LogP contribution in [0.4, 0.5) is 5.69 Å². The fourth-order valence-electron chi connectivity index (χ4n) is 1.02. The van der Waals surface area contributed by atoms with Crippen LogP contribution in [0.5, 0.6) is 11.5 Å². The van der Waals surface area contributed by atoms with Crippen molar-refractivity contribution in [3.8, 4) is 11.5 Å². The Bertz CT molecular complexity index is 299. The molecule has 0 aromatic heterocycles. The Kier molecular flexibility index (Phi) is 3.59. The number of rotatable bonds is 4. The maximum absolute atomic E-state index is 9.00. The second kappa shape index (κ2) is 4.72. The van der Waals surface area contributed by atoms with E-state index >= 15 is 0 Å². The molecule has 1 aromatic rings. The van der Waals surface area contributed by atoms with Gasteiger partial charge in [-0.15, -0.1) is 0 Å². The molecule has 4 nitrogen and oxygen atoms in total. The molecule has 0 bridgehead atoms. The zero-order valence-corrected chi connectivity index (χ0v) is 8.36. The number of aliphatic hydroxyl groups excluding tert-OH is 1. The van der Waals surface area contributed by atoms with E-state index < -0.39 is 6.10 Å². The minimum atomic E-state index is -0.488. The summed E-state index contributed by atoms with van der Waals surface area (Å²) in [6.45, 7) is 1.92. The third-order valence-corrected chi connectivity index (χ3v) is 1.69. The van der Waals surface area contributed by atoms with Crippen LogP contribution in [0.1, 0.15) is 6.92 Å². The van der Waals surface area contributed by atoms with Gasteiger partial charge in [-0.2, -0.15) is 0 Å². The van der Waals surface area contributed by atoms with Crippen LogP contribution in [-0.2, 0) is 0 Å². The molecule has 0 radical (unpaired) electrons. The van der Waals surface area contributed by atoms with Crippen molar-refractivity contribution in [2.24, 2.45) is 0 Å². The number of nitrogen functional groups attached to an aromatic ring is 1. The molecule has 0 spiro atoms. The first kappa shape index (κ1) is 10.7. The number of nitrogens with two attached hydrogens (primary N) is 1. The molecule has 1 atom stereocenters. The minimum absolute atomic E-state index is 0.256. The fraction of sp³-hybridized carbons (Fsp3) is 0.400. The quantitative estimate of drug-likeness (QED) is 0.708. The molecule has 78 valence electrons. The lowest BCUT2D eigenvalue weighted by atomic mass is 10.3. The molecular weight excluding hydrogens is 182 g/mol. The molecule has 1 rings (SSSR count). The van der Waals surface area contributed by atoms with Gasteiger partial charge in [0.2, 0.25) is 0 Å². The third-order valence-electron chi connectivity index (χ3n) is 1.69. The lowest BCUT2D eigenvalue weighted by molar-refractivity contribution is 0.123. The van der Waals surface area contributed by atoms with Crippen molar-refractivity contribution in [1.82, 2.24) is 0 Å². The smallest absolute Gasteiger partial charge is 0.142 e. The lowest BCUT2D eigenvalue weighted by Gasteiger charge is -2.10. The van der Waals surface area contributed by atoms with E-state index in [2.05, 4.69) is 0 Å². The average Bonchev–Trinajstić information content (AvgIpc) is 2.15. The van der Waals surface area contributed by atoms with Crippen molar-refractivity contribution in [3.05, 3.63) is 18.2 Å². The van der Waals surface area contributed by atoms with E-state index in [-0.39, 0.29) is 6.61 Å². The molecule has 3 N–H and O–H groups in total. The predicted molar refractivity (Wildman–Crippen MR) is 54.6 cm³/mol. The van der Waals surface area contributed by atoms with Gasteiger partial charge in [-0.25, -0.2) is 0 Å². The van der Waals surface area contributed by atoms with Crippen LogP contribution in [0.3, 0.4) is 0 Å². The Labute approximate surface area is 83.3 Å². The summed E-state index contributed by atoms with van der Waals surface area (Å²) in [5.41, 5.74) is 6.19. The molecule has 0 fully saturated rings. The number of ether oxygens (including phenoxy) is 2. The summed E-state index contributed by atoms with van der Waals surface area (Å²) in [6.07, 6.45) is -0.488. The van der Waals surface area contributed by atoms with Crippen molar-refractivity contribution in [3.63, 3.8) is 0 Å². The number of hydrogen-bond donors (Lipinski definition) is 2. The number of benzene rings is 1. The molecule has 0 aliphatic carbocycles. The van der Waals surface area contributed by atoms with E-state index in [4.69, 9.17) is 20.3 Å². The lowest BCUT2D eigenvalue weighted by Crippen LogP contribution is -2.12. The molecule has 0 aliphatic heterocycles. The Balaban J connectivity index is 2.66. The highest BCUT2D eigenvalue weighted by molar-refractivity contribution is 5.56. The summed E-state index contributed by atoms with van der Waals surface area (Å²) >= 11 is 0. The van der Waals surface area contributed by atoms with Gasteiger partial charge >= 0.3 is 0 Å². The summed E-state index contributed by atoms with van der Waals surface area (Å²) in [7, 11) is 1.56. The first-order valence-electron chi connectivity index (χ1n) is 4.38. The van der Waals surface area contributed by atoms with Gasteiger partial charge in [-0.05, 0) is 19.1 Å². The number of anilines is 1. The van der Waals surface area contributed by atoms with E-state index in [1.54, 1.807) is 32.2 Å². The van der Waals surface area contributed by atoms with E-state index in [9.17, 15) is 0 Å². The van der Waals surface area contributed by atoms with Crippen LogP contribution in [0, 0.1) is 0 Å². The van der Waals surface area contributed by atoms with Gasteiger partial charge < -0.3 is 20.3 Å². The molecule has 0 saturated carbocycles. The number of hydrogen-bond acceptors (Lipinski definition) is 4. The fourth-order valence-corrected chi connectivity index (χ4v) is 1.02. The summed E-state index contributed by atoms with van der Waals surface area (Å²) in [6, 6.07) is 5.14. The monoisotopic (exact) mass is 197 g/mol. The van der Waals surface area contributed by atoms with E-state index in [0.29, 0.717) is 17.2 Å². The van der Waals surface area contributed by atoms with Crippen molar-refractivity contribution in [2.45, 2.75) is 13.0 Å². The number of methoxy groups -OCH3 is 1. The summed E-state index contributed by atoms with van der Waals surface area (Å²) < 4.78 is 10.3. The maximum atomic E-state index is 9.00. The Hall–Kier alpha value is -1.42. The standard InChI is InChI=1S/C10H15NO3/c1-7(12)6-14-8-3-4-10(13-2)9(11)5-8/h3-5,7,12H,6,11H2,1-2H3/t7-/m0/s1. The van der Waals surface area contributed by atoms with Crippen molar-refractivity contribution in [2.75, 3.05) is 19.5 Å². The average molecular weight is 197 g/mol. The van der Waals surface area contributed by atoms with Crippen LogP contribution in [-0.4, -0.2) is 24.9 Å². The first-order chi connectivity index (χ1) is 6.63. The van der Waals surface area contributed by atoms with Crippen molar-refractivity contribution >= 4 is 5.69 Å². The van der Waals surface area contributed by atoms with Crippen LogP contribution in [0.2, 0.25) is 0 Å². The van der Waals surface area contributed by atoms with Gasteiger partial charge in [0.25, 0.3) is 0 Å². The van der Waals surface area contributed by atoms with Gasteiger partial charge in [0.05, 0.1) is 18.9 Å². The summed E-state index contributed by atoms with van der Waals surface area (Å²) in [5, 5.41) is 9.00. The van der Waals surface area contributed by atoms with Gasteiger partial charge in [-0.1, -0.05) is 0 Å². The van der Waals surface area contributed by atoms with Gasteiger partial charge in [0, 0.05) is 6.07 Å². The van der Waals surface area contributed by atoms with Crippen LogP contribution in [0.15, 0.2) is 18.2 Å². The Morgan fingerprint density at radius 2 is 2.21 bits per heavy atom. The Morgan fingerprint density at radius 3 is 2.71 bits per heavy atom. The molecule has 14 heavy (non-hydrogen) atoms. The summed E-state index contributed by atoms with van der Waals surface area (Å²) in [4.78, 5) is 0. The van der Waals surface area contributed by atoms with Gasteiger partial charge in [0.15, 0.2) is 0 Å². The maximum Gasteiger partial charge on any atom is 0.142 e. The zero-order chi connectivity index (χ0) is 10.6. The van der Waals surface area contributed by atoms with E-state index in [1.807, 2.05) is 0 Å². The normalized spacial score (nSPS) is 12.2. The molecular formula is C10H15NO3. The molecule has 0 unspecified atom stereocenters. The SMILES string of the molecule is COc1ccc(OC[C@H](C)O)cc1N. The van der Waals surface area contributed by atoms with Crippen LogP contribution >= 0.6 is 0 Å². The second-order valence-electron chi connectivity index (χ2n) is 3.06. The first-order valence-corrected chi connectivity index (χ1v) is 4.38. The molecule has 1 aromatic carbocycles. The van der Waals surface area contributed by atoms with E-state index in [0.717, 1.165) is 0 Å². The largest absolute Gasteiger partial charge is 0.495 e. The van der Waals surface area contributed by atoms with Gasteiger partial charge in [0.1, 0.15) is 18.1 Å². The van der Waals surface area contributed by atoms with Crippen molar-refractivity contribution < 1.29 is 14.6 Å². The highest BCUT2D eigenvalue weighted by atomic mass is 16.5. The third kappa shape index (κ3) is 2.81. The number of aliphatic hydroxyl groups is 1. The van der Waals surface area contributed by atoms with E-state index in [1.165, 1.54) is 0 Å². The zero-order valence-electron chi connectivity index (χ0n) is 8.36. The topological polar surface area (TPSA) is 64.7 Å². The molecule has 0 heterocycles. The van der Waals surface area contributed by atoms with Crippen LogP contribution in [0.25, 0.3) is 0 Å². The summed E-state index contributed by atoms with van der Waals surface area (Å²) in [5.74, 6) is 1.25. The molecule has 4 heteroatoms. The Morgan fingerprint density at radius 1 is 1.50 bits per heavy atom. The van der Waals surface area contributed by atoms with Crippen molar-refractivity contribution in [1.29, 1.82) is 0 Å². The molecule has 0 saturated heterocycles. The highest BCUT2D eigenvalue weighted by Gasteiger charge is 2.02.